The fraction of sp³-hybridized carbons (Fsp3) is 0.143. The molecule has 0 unspecified atom stereocenters. The number of rotatable bonds is 2. The molecule has 0 radical (unpaired) electrons. The third-order valence-corrected chi connectivity index (χ3v) is 1.92. The van der Waals surface area contributed by atoms with Crippen molar-refractivity contribution in [1.29, 1.82) is 0 Å². The molecule has 0 heterocycles. The first kappa shape index (κ1) is 8.33. The number of alkyl halides is 1. The van der Waals surface area contributed by atoms with Crippen LogP contribution in [0.15, 0.2) is 24.3 Å². The van der Waals surface area contributed by atoms with Crippen molar-refractivity contribution in [3.63, 3.8) is 0 Å². The molecule has 54 valence electrons. The molecule has 0 saturated carbocycles. The summed E-state index contributed by atoms with van der Waals surface area (Å²) >= 11 is 5.44. The van der Waals surface area contributed by atoms with Gasteiger partial charge in [-0.1, -0.05) is 6.07 Å². The van der Waals surface area contributed by atoms with Gasteiger partial charge in [0.25, 0.3) is 0 Å². The highest BCUT2D eigenvalue weighted by Crippen LogP contribution is 2.14. The number of halogens is 2. The molecule has 0 aliphatic carbocycles. The van der Waals surface area contributed by atoms with Crippen LogP contribution >= 0.6 is 38.5 Å². The predicted octanol–water partition coefficient (Wildman–Crippen LogP) is 3.02. The van der Waals surface area contributed by atoms with Crippen LogP contribution in [-0.2, 0) is 0 Å². The van der Waals surface area contributed by atoms with E-state index >= 15 is 0 Å². The van der Waals surface area contributed by atoms with Crippen LogP contribution in [0, 0.1) is 3.57 Å². The summed E-state index contributed by atoms with van der Waals surface area (Å²) in [5.74, 6) is 0.906. The summed E-state index contributed by atoms with van der Waals surface area (Å²) in [6.07, 6.45) is 0. The SMILES string of the molecule is BrCOc1cccc(I)c1. The van der Waals surface area contributed by atoms with Crippen molar-refractivity contribution in [3.05, 3.63) is 27.8 Å². The van der Waals surface area contributed by atoms with Gasteiger partial charge in [0.15, 0.2) is 0 Å². The molecule has 0 fully saturated rings. The highest BCUT2D eigenvalue weighted by atomic mass is 127. The number of hydrogen-bond donors (Lipinski definition) is 0. The quantitative estimate of drug-likeness (QED) is 0.602. The molecule has 0 saturated heterocycles. The molecule has 1 rings (SSSR count). The van der Waals surface area contributed by atoms with Gasteiger partial charge in [-0.3, -0.25) is 0 Å². The Morgan fingerprint density at radius 3 is 2.90 bits per heavy atom. The van der Waals surface area contributed by atoms with Gasteiger partial charge < -0.3 is 4.74 Å². The Kier molecular flexibility index (Phi) is 3.48. The maximum atomic E-state index is 5.20. The molecule has 0 N–H and O–H groups in total. The molecule has 0 bridgehead atoms. The summed E-state index contributed by atoms with van der Waals surface area (Å²) in [6, 6.07) is 7.92. The van der Waals surface area contributed by atoms with Crippen molar-refractivity contribution in [2.75, 3.05) is 5.52 Å². The van der Waals surface area contributed by atoms with Gasteiger partial charge in [-0.25, -0.2) is 0 Å². The molecule has 3 heteroatoms. The molecular weight excluding hydrogens is 307 g/mol. The minimum Gasteiger partial charge on any atom is -0.482 e. The van der Waals surface area contributed by atoms with Crippen LogP contribution in [0.1, 0.15) is 0 Å². The van der Waals surface area contributed by atoms with E-state index in [1.807, 2.05) is 24.3 Å². The first-order chi connectivity index (χ1) is 4.83. The van der Waals surface area contributed by atoms with Crippen LogP contribution in [0.3, 0.4) is 0 Å². The first-order valence-corrected chi connectivity index (χ1v) is 4.97. The second-order valence-corrected chi connectivity index (χ2v) is 3.41. The second kappa shape index (κ2) is 4.18. The summed E-state index contributed by atoms with van der Waals surface area (Å²) in [4.78, 5) is 0. The Bertz CT molecular complexity index is 215. The van der Waals surface area contributed by atoms with Crippen molar-refractivity contribution in [2.24, 2.45) is 0 Å². The largest absolute Gasteiger partial charge is 0.482 e. The number of benzene rings is 1. The van der Waals surface area contributed by atoms with Crippen LogP contribution in [0.4, 0.5) is 0 Å². The van der Waals surface area contributed by atoms with E-state index < -0.39 is 0 Å². The minimum absolute atomic E-state index is 0.549. The molecule has 0 aliphatic rings. The molecule has 0 spiro atoms. The third kappa shape index (κ3) is 2.46. The molecular formula is C7H6BrIO. The Morgan fingerprint density at radius 1 is 1.50 bits per heavy atom. The van der Waals surface area contributed by atoms with Gasteiger partial charge in [0.05, 0.1) is 0 Å². The molecule has 1 aromatic carbocycles. The topological polar surface area (TPSA) is 9.23 Å². The fourth-order valence-corrected chi connectivity index (χ4v) is 1.40. The van der Waals surface area contributed by atoms with Crippen molar-refractivity contribution in [1.82, 2.24) is 0 Å². The van der Waals surface area contributed by atoms with E-state index in [2.05, 4.69) is 38.5 Å². The van der Waals surface area contributed by atoms with Gasteiger partial charge in [-0.05, 0) is 56.7 Å². The molecule has 0 atom stereocenters. The fourth-order valence-electron chi connectivity index (χ4n) is 0.620. The maximum absolute atomic E-state index is 5.20. The van der Waals surface area contributed by atoms with E-state index in [1.165, 1.54) is 3.57 Å². The molecule has 0 aromatic heterocycles. The van der Waals surface area contributed by atoms with E-state index in [0.29, 0.717) is 5.52 Å². The van der Waals surface area contributed by atoms with Crippen LogP contribution in [0.25, 0.3) is 0 Å². The normalized spacial score (nSPS) is 9.40. The summed E-state index contributed by atoms with van der Waals surface area (Å²) in [5.41, 5.74) is 0.549. The van der Waals surface area contributed by atoms with E-state index in [1.54, 1.807) is 0 Å². The maximum Gasteiger partial charge on any atom is 0.143 e. The highest BCUT2D eigenvalue weighted by Gasteiger charge is 1.90. The molecule has 1 nitrogen and oxygen atoms in total. The lowest BCUT2D eigenvalue weighted by atomic mass is 10.3. The van der Waals surface area contributed by atoms with E-state index in [9.17, 15) is 0 Å². The molecule has 0 aliphatic heterocycles. The number of hydrogen-bond acceptors (Lipinski definition) is 1. The van der Waals surface area contributed by atoms with Crippen molar-refractivity contribution >= 4 is 38.5 Å². The zero-order chi connectivity index (χ0) is 7.40. The third-order valence-electron chi connectivity index (χ3n) is 1.02. The molecule has 10 heavy (non-hydrogen) atoms. The zero-order valence-electron chi connectivity index (χ0n) is 5.18. The van der Waals surface area contributed by atoms with Crippen LogP contribution in [0.5, 0.6) is 5.75 Å². The Labute approximate surface area is 82.0 Å². The van der Waals surface area contributed by atoms with Crippen LogP contribution < -0.4 is 4.74 Å². The summed E-state index contributed by atoms with van der Waals surface area (Å²) in [6.45, 7) is 0. The van der Waals surface area contributed by atoms with Crippen molar-refractivity contribution in [3.8, 4) is 5.75 Å². The Balaban J connectivity index is 2.75. The first-order valence-electron chi connectivity index (χ1n) is 2.77. The van der Waals surface area contributed by atoms with E-state index in [4.69, 9.17) is 4.74 Å². The Hall–Kier alpha value is 0.230. The Morgan fingerprint density at radius 2 is 2.30 bits per heavy atom. The lowest BCUT2D eigenvalue weighted by Gasteiger charge is -2.00. The van der Waals surface area contributed by atoms with Gasteiger partial charge in [-0.15, -0.1) is 0 Å². The van der Waals surface area contributed by atoms with Crippen molar-refractivity contribution < 1.29 is 4.74 Å². The lowest BCUT2D eigenvalue weighted by molar-refractivity contribution is 0.397. The molecule has 1 aromatic rings. The monoisotopic (exact) mass is 312 g/mol. The van der Waals surface area contributed by atoms with E-state index in [0.717, 1.165) is 5.75 Å². The average molecular weight is 313 g/mol. The van der Waals surface area contributed by atoms with E-state index in [-0.39, 0.29) is 0 Å². The van der Waals surface area contributed by atoms with Gasteiger partial charge in [0.2, 0.25) is 0 Å². The summed E-state index contributed by atoms with van der Waals surface area (Å²) < 4.78 is 6.39. The van der Waals surface area contributed by atoms with Crippen LogP contribution in [0.2, 0.25) is 0 Å². The molecule has 0 amide bonds. The highest BCUT2D eigenvalue weighted by molar-refractivity contribution is 14.1. The minimum atomic E-state index is 0.549. The average Bonchev–Trinajstić information content (AvgIpc) is 1.88. The van der Waals surface area contributed by atoms with Gasteiger partial charge >= 0.3 is 0 Å². The number of ether oxygens (including phenoxy) is 1. The zero-order valence-corrected chi connectivity index (χ0v) is 8.92. The predicted molar refractivity (Wildman–Crippen MR) is 53.6 cm³/mol. The van der Waals surface area contributed by atoms with Crippen molar-refractivity contribution in [2.45, 2.75) is 0 Å². The summed E-state index contributed by atoms with van der Waals surface area (Å²) in [7, 11) is 0. The standard InChI is InChI=1S/C7H6BrIO/c8-5-10-7-3-1-2-6(9)4-7/h1-4H,5H2. The van der Waals surface area contributed by atoms with Gasteiger partial charge in [-0.2, -0.15) is 0 Å². The van der Waals surface area contributed by atoms with Gasteiger partial charge in [0.1, 0.15) is 11.3 Å². The lowest BCUT2D eigenvalue weighted by Crippen LogP contribution is -1.87. The van der Waals surface area contributed by atoms with Crippen LogP contribution in [-0.4, -0.2) is 5.52 Å². The summed E-state index contributed by atoms with van der Waals surface area (Å²) in [5, 5.41) is 0. The second-order valence-electron chi connectivity index (χ2n) is 1.71. The smallest absolute Gasteiger partial charge is 0.143 e. The van der Waals surface area contributed by atoms with Gasteiger partial charge in [0, 0.05) is 3.57 Å².